The van der Waals surface area contributed by atoms with Gasteiger partial charge in [0.2, 0.25) is 0 Å². The molecule has 2 aromatic rings. The van der Waals surface area contributed by atoms with Crippen molar-refractivity contribution < 1.29 is 40.5 Å². The fourth-order valence-electron chi connectivity index (χ4n) is 2.03. The van der Waals surface area contributed by atoms with Crippen LogP contribution in [0.5, 0.6) is 11.5 Å². The van der Waals surface area contributed by atoms with Gasteiger partial charge in [0.05, 0.1) is 14.2 Å². The summed E-state index contributed by atoms with van der Waals surface area (Å²) in [4.78, 5) is 0. The SMILES string of the molecule is COc1ccccc1CPCc1ccccc1OC.[H-].[Na+]. The first-order valence-electron chi connectivity index (χ1n) is 6.29. The maximum Gasteiger partial charge on any atom is 1.00 e. The Hall–Kier alpha value is -0.530. The van der Waals surface area contributed by atoms with Gasteiger partial charge in [-0.15, -0.1) is 8.58 Å². The Balaban J connectivity index is 0.00000200. The number of hydrogen-bond acceptors (Lipinski definition) is 2. The van der Waals surface area contributed by atoms with Crippen LogP contribution in [0.25, 0.3) is 0 Å². The number of methoxy groups -OCH3 is 2. The van der Waals surface area contributed by atoms with Crippen molar-refractivity contribution in [3.8, 4) is 11.5 Å². The summed E-state index contributed by atoms with van der Waals surface area (Å²) in [6.07, 6.45) is 2.09. The van der Waals surface area contributed by atoms with E-state index in [1.54, 1.807) is 14.2 Å². The average Bonchev–Trinajstić information content (AvgIpc) is 2.48. The van der Waals surface area contributed by atoms with E-state index in [0.29, 0.717) is 0 Å². The molecule has 0 aliphatic carbocycles. The van der Waals surface area contributed by atoms with E-state index < -0.39 is 0 Å². The van der Waals surface area contributed by atoms with Crippen molar-refractivity contribution in [2.24, 2.45) is 0 Å². The Morgan fingerprint density at radius 2 is 1.20 bits per heavy atom. The molecule has 0 atom stereocenters. The molecule has 0 aliphatic heterocycles. The molecule has 0 amide bonds. The second kappa shape index (κ2) is 9.41. The van der Waals surface area contributed by atoms with Crippen LogP contribution < -0.4 is 39.0 Å². The molecule has 0 fully saturated rings. The molecule has 0 aliphatic rings. The smallest absolute Gasteiger partial charge is 1.00 e. The number of rotatable bonds is 6. The fourth-order valence-corrected chi connectivity index (χ4v) is 3.28. The number of para-hydroxylation sites is 2. The van der Waals surface area contributed by atoms with Gasteiger partial charge in [-0.05, 0) is 35.6 Å². The van der Waals surface area contributed by atoms with Gasteiger partial charge in [0, 0.05) is 0 Å². The Labute approximate surface area is 146 Å². The van der Waals surface area contributed by atoms with E-state index in [0.717, 1.165) is 32.4 Å². The van der Waals surface area contributed by atoms with E-state index in [4.69, 9.17) is 9.47 Å². The van der Waals surface area contributed by atoms with Crippen molar-refractivity contribution in [3.63, 3.8) is 0 Å². The van der Waals surface area contributed by atoms with Crippen molar-refractivity contribution in [2.75, 3.05) is 14.2 Å². The topological polar surface area (TPSA) is 18.5 Å². The molecule has 0 unspecified atom stereocenters. The van der Waals surface area contributed by atoms with E-state index in [1.165, 1.54) is 11.1 Å². The summed E-state index contributed by atoms with van der Waals surface area (Å²) in [6, 6.07) is 16.4. The van der Waals surface area contributed by atoms with Gasteiger partial charge in [0.15, 0.2) is 0 Å². The monoisotopic (exact) mass is 298 g/mol. The largest absolute Gasteiger partial charge is 1.00 e. The minimum absolute atomic E-state index is 0. The molecule has 0 saturated carbocycles. The third-order valence-corrected chi connectivity index (χ3v) is 4.28. The van der Waals surface area contributed by atoms with Crippen molar-refractivity contribution >= 4 is 8.58 Å². The minimum Gasteiger partial charge on any atom is -1.00 e. The van der Waals surface area contributed by atoms with Crippen LogP contribution in [-0.4, -0.2) is 14.2 Å². The van der Waals surface area contributed by atoms with E-state index in [1.807, 2.05) is 24.3 Å². The molecule has 2 rings (SSSR count). The molecule has 0 spiro atoms. The van der Waals surface area contributed by atoms with Crippen molar-refractivity contribution in [1.29, 1.82) is 0 Å². The predicted octanol–water partition coefficient (Wildman–Crippen LogP) is 1.20. The molecule has 4 heteroatoms. The van der Waals surface area contributed by atoms with Crippen molar-refractivity contribution in [3.05, 3.63) is 59.7 Å². The summed E-state index contributed by atoms with van der Waals surface area (Å²) in [6.45, 7) is 0. The van der Waals surface area contributed by atoms with Crippen LogP contribution in [0.1, 0.15) is 12.6 Å². The van der Waals surface area contributed by atoms with Crippen LogP contribution in [0.3, 0.4) is 0 Å². The van der Waals surface area contributed by atoms with Gasteiger partial charge in [-0.25, -0.2) is 0 Å². The van der Waals surface area contributed by atoms with E-state index in [-0.39, 0.29) is 31.0 Å². The quantitative estimate of drug-likeness (QED) is 0.589. The minimum atomic E-state index is 0. The molecule has 102 valence electrons. The third-order valence-electron chi connectivity index (χ3n) is 3.02. The maximum atomic E-state index is 5.37. The van der Waals surface area contributed by atoms with Crippen LogP contribution >= 0.6 is 8.58 Å². The van der Waals surface area contributed by atoms with Crippen LogP contribution in [0.15, 0.2) is 48.5 Å². The number of hydrogen-bond donors (Lipinski definition) is 0. The molecule has 0 heterocycles. The maximum absolute atomic E-state index is 5.37. The molecular weight excluding hydrogens is 278 g/mol. The Kier molecular flexibility index (Phi) is 8.25. The second-order valence-electron chi connectivity index (χ2n) is 4.23. The van der Waals surface area contributed by atoms with E-state index in [9.17, 15) is 0 Å². The molecule has 0 bridgehead atoms. The van der Waals surface area contributed by atoms with Crippen molar-refractivity contribution in [2.45, 2.75) is 12.3 Å². The first kappa shape index (κ1) is 17.5. The third kappa shape index (κ3) is 4.79. The molecule has 0 aromatic heterocycles. The zero-order valence-electron chi connectivity index (χ0n) is 13.3. The Bertz CT molecular complexity index is 490. The first-order valence-corrected chi connectivity index (χ1v) is 7.71. The second-order valence-corrected chi connectivity index (χ2v) is 5.43. The van der Waals surface area contributed by atoms with Crippen LogP contribution in [0, 0.1) is 0 Å². The molecule has 0 N–H and O–H groups in total. The van der Waals surface area contributed by atoms with Crippen molar-refractivity contribution in [1.82, 2.24) is 0 Å². The first-order chi connectivity index (χ1) is 9.35. The molecule has 2 nitrogen and oxygen atoms in total. The molecule has 0 saturated heterocycles. The number of ether oxygens (including phenoxy) is 2. The van der Waals surface area contributed by atoms with Crippen LogP contribution in [0.4, 0.5) is 0 Å². The van der Waals surface area contributed by atoms with E-state index in [2.05, 4.69) is 24.3 Å². The zero-order chi connectivity index (χ0) is 13.5. The summed E-state index contributed by atoms with van der Waals surface area (Å²) in [5.41, 5.74) is 2.55. The predicted molar refractivity (Wildman–Crippen MR) is 82.8 cm³/mol. The summed E-state index contributed by atoms with van der Waals surface area (Å²) in [5, 5.41) is 0. The van der Waals surface area contributed by atoms with Gasteiger partial charge in [0.25, 0.3) is 0 Å². The van der Waals surface area contributed by atoms with E-state index >= 15 is 0 Å². The Morgan fingerprint density at radius 3 is 1.60 bits per heavy atom. The molecular formula is C16H20NaO2P. The van der Waals surface area contributed by atoms with Gasteiger partial charge < -0.3 is 10.9 Å². The summed E-state index contributed by atoms with van der Waals surface area (Å²) in [5.74, 6) is 1.96. The van der Waals surface area contributed by atoms with Gasteiger partial charge >= 0.3 is 29.6 Å². The fraction of sp³-hybridized carbons (Fsp3) is 0.250. The molecule has 2 aromatic carbocycles. The summed E-state index contributed by atoms with van der Waals surface area (Å²) < 4.78 is 10.7. The van der Waals surface area contributed by atoms with Gasteiger partial charge in [0.1, 0.15) is 11.5 Å². The van der Waals surface area contributed by atoms with Gasteiger partial charge in [-0.3, -0.25) is 0 Å². The van der Waals surface area contributed by atoms with Crippen LogP contribution in [-0.2, 0) is 12.3 Å². The van der Waals surface area contributed by atoms with Crippen LogP contribution in [0.2, 0.25) is 0 Å². The summed E-state index contributed by atoms with van der Waals surface area (Å²) >= 11 is 0. The van der Waals surface area contributed by atoms with Gasteiger partial charge in [-0.2, -0.15) is 0 Å². The average molecular weight is 298 g/mol. The Morgan fingerprint density at radius 1 is 0.800 bits per heavy atom. The zero-order valence-corrected chi connectivity index (χ0v) is 15.3. The normalized spacial score (nSPS) is 9.70. The number of benzene rings is 2. The molecule has 20 heavy (non-hydrogen) atoms. The van der Waals surface area contributed by atoms with Gasteiger partial charge in [-0.1, -0.05) is 36.4 Å². The summed E-state index contributed by atoms with van der Waals surface area (Å²) in [7, 11) is 4.27. The molecule has 0 radical (unpaired) electrons. The standard InChI is InChI=1S/C16H19O2P.Na.H/c1-17-15-9-5-3-7-13(15)11-19-12-14-8-4-6-10-16(14)18-2;;/h3-10,19H,11-12H2,1-2H3;;/q;+1;-1.